The average molecular weight is 285 g/mol. The van der Waals surface area contributed by atoms with Gasteiger partial charge in [0.2, 0.25) is 0 Å². The third kappa shape index (κ3) is 6.22. The van der Waals surface area contributed by atoms with Gasteiger partial charge in [0.15, 0.2) is 0 Å². The molecule has 0 bridgehead atoms. The second-order valence-electron chi connectivity index (χ2n) is 3.77. The van der Waals surface area contributed by atoms with E-state index in [0.29, 0.717) is 36.9 Å². The maximum absolute atomic E-state index is 11.5. The summed E-state index contributed by atoms with van der Waals surface area (Å²) >= 11 is 5.77. The molecule has 0 spiro atoms. The average Bonchev–Trinajstić information content (AvgIpc) is 2.38. The fourth-order valence-corrected chi connectivity index (χ4v) is 1.55. The number of benzene rings is 1. The van der Waals surface area contributed by atoms with Crippen molar-refractivity contribution in [3.05, 3.63) is 29.3 Å². The van der Waals surface area contributed by atoms with E-state index in [0.717, 1.165) is 0 Å². The van der Waals surface area contributed by atoms with Crippen LogP contribution >= 0.6 is 11.6 Å². The molecule has 0 atom stereocenters. The highest BCUT2D eigenvalue weighted by Gasteiger charge is 2.12. The van der Waals surface area contributed by atoms with E-state index < -0.39 is 11.8 Å². The molecule has 0 aromatic heterocycles. The number of halogens is 1. The number of anilines is 1. The lowest BCUT2D eigenvalue weighted by molar-refractivity contribution is -0.136. The molecule has 0 radical (unpaired) electrons. The molecule has 2 amide bonds. The predicted molar refractivity (Wildman–Crippen MR) is 74.2 cm³/mol. The van der Waals surface area contributed by atoms with E-state index >= 15 is 0 Å². The van der Waals surface area contributed by atoms with Gasteiger partial charge in [-0.1, -0.05) is 17.7 Å². The number of hydrogen-bond donors (Lipinski definition) is 2. The van der Waals surface area contributed by atoms with Crippen LogP contribution in [0.5, 0.6) is 0 Å². The monoisotopic (exact) mass is 284 g/mol. The fraction of sp³-hybridized carbons (Fsp3) is 0.385. The van der Waals surface area contributed by atoms with E-state index in [1.54, 1.807) is 24.3 Å². The molecule has 2 N–H and O–H groups in total. The first-order valence-electron chi connectivity index (χ1n) is 6.06. The van der Waals surface area contributed by atoms with E-state index in [-0.39, 0.29) is 0 Å². The van der Waals surface area contributed by atoms with Crippen molar-refractivity contribution in [1.82, 2.24) is 5.32 Å². The summed E-state index contributed by atoms with van der Waals surface area (Å²) in [6.07, 6.45) is 0.671. The van der Waals surface area contributed by atoms with E-state index in [1.165, 1.54) is 0 Å². The Morgan fingerprint density at radius 1 is 1.32 bits per heavy atom. The van der Waals surface area contributed by atoms with Crippen molar-refractivity contribution in [3.63, 3.8) is 0 Å². The van der Waals surface area contributed by atoms with Crippen LogP contribution in [0.4, 0.5) is 5.69 Å². The van der Waals surface area contributed by atoms with Gasteiger partial charge < -0.3 is 15.4 Å². The quantitative estimate of drug-likeness (QED) is 0.618. The second-order valence-corrected chi connectivity index (χ2v) is 4.21. The summed E-state index contributed by atoms with van der Waals surface area (Å²) < 4.78 is 5.12. The summed E-state index contributed by atoms with van der Waals surface area (Å²) in [4.78, 5) is 23.0. The number of carbonyl (C=O) groups excluding carboxylic acids is 2. The SMILES string of the molecule is CCOCCCNC(=O)C(=O)Nc1cccc(Cl)c1. The molecule has 0 aliphatic carbocycles. The topological polar surface area (TPSA) is 67.4 Å². The Morgan fingerprint density at radius 2 is 2.11 bits per heavy atom. The van der Waals surface area contributed by atoms with Crippen LogP contribution in [0.1, 0.15) is 13.3 Å². The Morgan fingerprint density at radius 3 is 2.79 bits per heavy atom. The minimum Gasteiger partial charge on any atom is -0.382 e. The summed E-state index contributed by atoms with van der Waals surface area (Å²) in [6, 6.07) is 6.61. The Bertz CT molecular complexity index is 438. The van der Waals surface area contributed by atoms with E-state index in [1.807, 2.05) is 6.92 Å². The van der Waals surface area contributed by atoms with Crippen molar-refractivity contribution in [2.75, 3.05) is 25.1 Å². The highest BCUT2D eigenvalue weighted by Crippen LogP contribution is 2.14. The van der Waals surface area contributed by atoms with Crippen molar-refractivity contribution in [3.8, 4) is 0 Å². The Labute approximate surface area is 117 Å². The molecule has 104 valence electrons. The lowest BCUT2D eigenvalue weighted by Gasteiger charge is -2.06. The Kier molecular flexibility index (Phi) is 6.92. The van der Waals surface area contributed by atoms with Gasteiger partial charge in [0.25, 0.3) is 0 Å². The lowest BCUT2D eigenvalue weighted by Crippen LogP contribution is -2.36. The van der Waals surface area contributed by atoms with Gasteiger partial charge in [0.05, 0.1) is 0 Å². The molecule has 1 aromatic carbocycles. The Hall–Kier alpha value is -1.59. The van der Waals surface area contributed by atoms with Crippen LogP contribution in [0, 0.1) is 0 Å². The van der Waals surface area contributed by atoms with E-state index in [9.17, 15) is 9.59 Å². The van der Waals surface area contributed by atoms with Gasteiger partial charge in [0.1, 0.15) is 0 Å². The van der Waals surface area contributed by atoms with Crippen LogP contribution < -0.4 is 10.6 Å². The number of hydrogen-bond acceptors (Lipinski definition) is 3. The second kappa shape index (κ2) is 8.50. The molecule has 0 heterocycles. The van der Waals surface area contributed by atoms with Gasteiger partial charge in [-0.25, -0.2) is 0 Å². The maximum Gasteiger partial charge on any atom is 0.313 e. The summed E-state index contributed by atoms with van der Waals surface area (Å²) in [5.74, 6) is -1.38. The van der Waals surface area contributed by atoms with Crippen LogP contribution in [-0.4, -0.2) is 31.6 Å². The van der Waals surface area contributed by atoms with Gasteiger partial charge in [-0.05, 0) is 31.5 Å². The van der Waals surface area contributed by atoms with Crippen molar-refractivity contribution in [2.45, 2.75) is 13.3 Å². The number of rotatable bonds is 6. The number of amides is 2. The molecular weight excluding hydrogens is 268 g/mol. The molecule has 0 fully saturated rings. The predicted octanol–water partition coefficient (Wildman–Crippen LogP) is 1.82. The maximum atomic E-state index is 11.5. The Balaban J connectivity index is 2.31. The van der Waals surface area contributed by atoms with E-state index in [4.69, 9.17) is 16.3 Å². The summed E-state index contributed by atoms with van der Waals surface area (Å²) in [7, 11) is 0. The van der Waals surface area contributed by atoms with E-state index in [2.05, 4.69) is 10.6 Å². The molecule has 5 nitrogen and oxygen atoms in total. The third-order valence-electron chi connectivity index (χ3n) is 2.24. The fourth-order valence-electron chi connectivity index (χ4n) is 1.35. The molecule has 1 aromatic rings. The number of carbonyl (C=O) groups is 2. The highest BCUT2D eigenvalue weighted by molar-refractivity contribution is 6.39. The minimum atomic E-state index is -0.710. The normalized spacial score (nSPS) is 10.0. The van der Waals surface area contributed by atoms with Gasteiger partial charge in [-0.3, -0.25) is 9.59 Å². The van der Waals surface area contributed by atoms with Crippen LogP contribution in [0.25, 0.3) is 0 Å². The molecule has 0 aliphatic rings. The molecule has 0 saturated carbocycles. The van der Waals surface area contributed by atoms with Gasteiger partial charge in [-0.2, -0.15) is 0 Å². The largest absolute Gasteiger partial charge is 0.382 e. The molecular formula is C13H17ClN2O3. The molecule has 0 unspecified atom stereocenters. The smallest absolute Gasteiger partial charge is 0.313 e. The zero-order chi connectivity index (χ0) is 14.1. The molecule has 0 aliphatic heterocycles. The van der Waals surface area contributed by atoms with Crippen molar-refractivity contribution in [2.24, 2.45) is 0 Å². The van der Waals surface area contributed by atoms with Crippen molar-refractivity contribution in [1.29, 1.82) is 0 Å². The summed E-state index contributed by atoms with van der Waals surface area (Å²) in [5, 5.41) is 5.48. The van der Waals surface area contributed by atoms with Crippen LogP contribution in [-0.2, 0) is 14.3 Å². The zero-order valence-electron chi connectivity index (χ0n) is 10.7. The summed E-state index contributed by atoms with van der Waals surface area (Å²) in [5.41, 5.74) is 0.488. The first-order chi connectivity index (χ1) is 9.13. The molecule has 1 rings (SSSR count). The first kappa shape index (κ1) is 15.5. The van der Waals surface area contributed by atoms with Crippen LogP contribution in [0.3, 0.4) is 0 Å². The van der Waals surface area contributed by atoms with Crippen molar-refractivity contribution < 1.29 is 14.3 Å². The first-order valence-corrected chi connectivity index (χ1v) is 6.43. The van der Waals surface area contributed by atoms with Gasteiger partial charge in [0, 0.05) is 30.5 Å². The summed E-state index contributed by atoms with van der Waals surface area (Å²) in [6.45, 7) is 3.51. The number of ether oxygens (including phenoxy) is 1. The molecule has 0 saturated heterocycles. The highest BCUT2D eigenvalue weighted by atomic mass is 35.5. The lowest BCUT2D eigenvalue weighted by atomic mass is 10.3. The standard InChI is InChI=1S/C13H17ClN2O3/c1-2-19-8-4-7-15-12(17)13(18)16-11-6-3-5-10(14)9-11/h3,5-6,9H,2,4,7-8H2,1H3,(H,15,17)(H,16,18). The third-order valence-corrected chi connectivity index (χ3v) is 2.48. The van der Waals surface area contributed by atoms with Crippen molar-refractivity contribution >= 4 is 29.1 Å². The van der Waals surface area contributed by atoms with Crippen LogP contribution in [0.15, 0.2) is 24.3 Å². The number of nitrogens with one attached hydrogen (secondary N) is 2. The minimum absolute atomic E-state index is 0.405. The van der Waals surface area contributed by atoms with Crippen LogP contribution in [0.2, 0.25) is 5.02 Å². The molecule has 6 heteroatoms. The molecule has 19 heavy (non-hydrogen) atoms. The van der Waals surface area contributed by atoms with Gasteiger partial charge >= 0.3 is 11.8 Å². The zero-order valence-corrected chi connectivity index (χ0v) is 11.5. The van der Waals surface area contributed by atoms with Gasteiger partial charge in [-0.15, -0.1) is 0 Å².